The molecule has 0 amide bonds. The topological polar surface area (TPSA) is 52.3 Å². The third kappa shape index (κ3) is 3.88. The van der Waals surface area contributed by atoms with Gasteiger partial charge in [0.05, 0.1) is 7.11 Å². The van der Waals surface area contributed by atoms with Crippen molar-refractivity contribution < 1.29 is 4.74 Å². The Morgan fingerprint density at radius 3 is 2.56 bits per heavy atom. The third-order valence-electron chi connectivity index (χ3n) is 3.98. The molecule has 4 rings (SSSR count). The minimum absolute atomic E-state index is 0.627. The van der Waals surface area contributed by atoms with Gasteiger partial charge in [-0.2, -0.15) is 9.61 Å². The van der Waals surface area contributed by atoms with Gasteiger partial charge < -0.3 is 4.74 Å². The molecule has 0 saturated heterocycles. The summed E-state index contributed by atoms with van der Waals surface area (Å²) >= 11 is 13.8. The van der Waals surface area contributed by atoms with Gasteiger partial charge in [0.15, 0.2) is 11.5 Å². The Bertz CT molecular complexity index is 1100. The van der Waals surface area contributed by atoms with Crippen molar-refractivity contribution in [3.63, 3.8) is 0 Å². The number of ether oxygens (including phenoxy) is 1. The second kappa shape index (κ2) is 7.76. The van der Waals surface area contributed by atoms with Crippen LogP contribution in [0.15, 0.2) is 59.6 Å². The summed E-state index contributed by atoms with van der Waals surface area (Å²) in [6.45, 7) is 0. The highest BCUT2D eigenvalue weighted by Gasteiger charge is 2.11. The Morgan fingerprint density at radius 1 is 1.00 bits per heavy atom. The molecular weight excluding hydrogens is 403 g/mol. The predicted molar refractivity (Wildman–Crippen MR) is 109 cm³/mol. The van der Waals surface area contributed by atoms with Crippen molar-refractivity contribution in [2.45, 2.75) is 10.8 Å². The summed E-state index contributed by atoms with van der Waals surface area (Å²) in [6.07, 6.45) is 0. The molecule has 27 heavy (non-hydrogen) atoms. The number of thioether (sulfide) groups is 1. The highest BCUT2D eigenvalue weighted by atomic mass is 35.5. The standard InChI is InChI=1S/C19H14Cl2N4OS/c1-26-15-6-3-12(4-7-15)19-23-22-17-8-9-18(24-25(17)19)27-11-13-2-5-14(20)10-16(13)21/h2-10H,11H2,1H3. The van der Waals surface area contributed by atoms with Crippen LogP contribution >= 0.6 is 35.0 Å². The fraction of sp³-hybridized carbons (Fsp3) is 0.105. The van der Waals surface area contributed by atoms with Crippen LogP contribution in [0, 0.1) is 0 Å². The van der Waals surface area contributed by atoms with Crippen LogP contribution in [-0.2, 0) is 5.75 Å². The molecule has 0 atom stereocenters. The van der Waals surface area contributed by atoms with Gasteiger partial charge in [0.1, 0.15) is 10.8 Å². The van der Waals surface area contributed by atoms with Crippen molar-refractivity contribution in [1.29, 1.82) is 0 Å². The number of nitrogens with zero attached hydrogens (tertiary/aromatic N) is 4. The molecule has 2 heterocycles. The first-order valence-corrected chi connectivity index (χ1v) is 9.82. The first kappa shape index (κ1) is 18.1. The second-order valence-electron chi connectivity index (χ2n) is 5.72. The predicted octanol–water partition coefficient (Wildman–Crippen LogP) is 5.40. The molecule has 0 saturated carbocycles. The van der Waals surface area contributed by atoms with Crippen LogP contribution in [0.1, 0.15) is 5.56 Å². The normalized spacial score (nSPS) is 11.1. The maximum absolute atomic E-state index is 6.25. The average molecular weight is 417 g/mol. The number of rotatable bonds is 5. The molecule has 2 aromatic carbocycles. The van der Waals surface area contributed by atoms with E-state index >= 15 is 0 Å². The van der Waals surface area contributed by atoms with Gasteiger partial charge >= 0.3 is 0 Å². The molecule has 0 unspecified atom stereocenters. The van der Waals surface area contributed by atoms with E-state index in [0.717, 1.165) is 21.9 Å². The smallest absolute Gasteiger partial charge is 0.185 e. The van der Waals surface area contributed by atoms with Gasteiger partial charge in [-0.1, -0.05) is 41.0 Å². The number of hydrogen-bond acceptors (Lipinski definition) is 5. The summed E-state index contributed by atoms with van der Waals surface area (Å²) in [6, 6.07) is 17.0. The molecule has 0 bridgehead atoms. The van der Waals surface area contributed by atoms with Crippen LogP contribution in [-0.4, -0.2) is 26.9 Å². The Morgan fingerprint density at radius 2 is 1.81 bits per heavy atom. The van der Waals surface area contributed by atoms with Crippen LogP contribution in [0.3, 0.4) is 0 Å². The van der Waals surface area contributed by atoms with Gasteiger partial charge in [-0.25, -0.2) is 0 Å². The highest BCUT2D eigenvalue weighted by Crippen LogP contribution is 2.28. The number of hydrogen-bond donors (Lipinski definition) is 0. The summed E-state index contributed by atoms with van der Waals surface area (Å²) in [5.41, 5.74) is 2.61. The maximum Gasteiger partial charge on any atom is 0.185 e. The van der Waals surface area contributed by atoms with Crippen molar-refractivity contribution in [1.82, 2.24) is 19.8 Å². The van der Waals surface area contributed by atoms with Gasteiger partial charge in [0.2, 0.25) is 0 Å². The second-order valence-corrected chi connectivity index (χ2v) is 7.56. The summed E-state index contributed by atoms with van der Waals surface area (Å²) < 4.78 is 6.95. The zero-order chi connectivity index (χ0) is 18.8. The summed E-state index contributed by atoms with van der Waals surface area (Å²) in [5.74, 6) is 2.16. The van der Waals surface area contributed by atoms with E-state index < -0.39 is 0 Å². The first-order chi connectivity index (χ1) is 13.1. The van der Waals surface area contributed by atoms with Gasteiger partial charge in [-0.15, -0.1) is 10.2 Å². The fourth-order valence-corrected chi connectivity index (χ4v) is 3.97. The first-order valence-electron chi connectivity index (χ1n) is 8.07. The van der Waals surface area contributed by atoms with Crippen molar-refractivity contribution in [2.24, 2.45) is 0 Å². The number of fused-ring (bicyclic) bond motifs is 1. The van der Waals surface area contributed by atoms with Crippen molar-refractivity contribution in [3.05, 3.63) is 70.2 Å². The minimum Gasteiger partial charge on any atom is -0.497 e. The minimum atomic E-state index is 0.627. The molecule has 0 aliphatic rings. The molecule has 0 fully saturated rings. The van der Waals surface area contributed by atoms with E-state index in [1.807, 2.05) is 48.5 Å². The Kier molecular flexibility index (Phi) is 5.20. The number of benzene rings is 2. The molecule has 0 aliphatic heterocycles. The van der Waals surface area contributed by atoms with E-state index in [1.54, 1.807) is 29.5 Å². The van der Waals surface area contributed by atoms with Crippen LogP contribution in [0.4, 0.5) is 0 Å². The van der Waals surface area contributed by atoms with E-state index in [0.29, 0.717) is 27.3 Å². The monoisotopic (exact) mass is 416 g/mol. The number of aromatic nitrogens is 4. The molecule has 0 N–H and O–H groups in total. The van der Waals surface area contributed by atoms with Crippen LogP contribution in [0.25, 0.3) is 17.0 Å². The van der Waals surface area contributed by atoms with E-state index in [4.69, 9.17) is 27.9 Å². The lowest BCUT2D eigenvalue weighted by Gasteiger charge is -2.06. The third-order valence-corrected chi connectivity index (χ3v) is 5.53. The Labute approximate surface area is 170 Å². The van der Waals surface area contributed by atoms with E-state index in [-0.39, 0.29) is 0 Å². The van der Waals surface area contributed by atoms with Crippen molar-refractivity contribution in [3.8, 4) is 17.1 Å². The number of halogens is 2. The summed E-state index contributed by atoms with van der Waals surface area (Å²) in [7, 11) is 1.64. The van der Waals surface area contributed by atoms with Gasteiger partial charge in [-0.05, 0) is 54.1 Å². The average Bonchev–Trinajstić information content (AvgIpc) is 3.10. The largest absolute Gasteiger partial charge is 0.497 e. The molecule has 5 nitrogen and oxygen atoms in total. The molecule has 0 spiro atoms. The molecule has 0 radical (unpaired) electrons. The van der Waals surface area contributed by atoms with Crippen molar-refractivity contribution in [2.75, 3.05) is 7.11 Å². The SMILES string of the molecule is COc1ccc(-c2nnc3ccc(SCc4ccc(Cl)cc4Cl)nn23)cc1. The molecule has 4 aromatic rings. The lowest BCUT2D eigenvalue weighted by molar-refractivity contribution is 0.415. The molecule has 2 aromatic heterocycles. The van der Waals surface area contributed by atoms with Crippen LogP contribution in [0.5, 0.6) is 5.75 Å². The highest BCUT2D eigenvalue weighted by molar-refractivity contribution is 7.98. The molecule has 0 aliphatic carbocycles. The zero-order valence-electron chi connectivity index (χ0n) is 14.3. The van der Waals surface area contributed by atoms with E-state index in [2.05, 4.69) is 15.3 Å². The van der Waals surface area contributed by atoms with Gasteiger partial charge in [0.25, 0.3) is 0 Å². The maximum atomic E-state index is 6.25. The lowest BCUT2D eigenvalue weighted by atomic mass is 10.2. The van der Waals surface area contributed by atoms with Gasteiger partial charge in [-0.3, -0.25) is 0 Å². The Balaban J connectivity index is 1.61. The van der Waals surface area contributed by atoms with Crippen molar-refractivity contribution >= 4 is 40.6 Å². The summed E-state index contributed by atoms with van der Waals surface area (Å²) in [5, 5.41) is 15.3. The molecule has 8 heteroatoms. The van der Waals surface area contributed by atoms with Gasteiger partial charge in [0, 0.05) is 21.4 Å². The van der Waals surface area contributed by atoms with E-state index in [9.17, 15) is 0 Å². The lowest BCUT2D eigenvalue weighted by Crippen LogP contribution is -1.97. The van der Waals surface area contributed by atoms with Crippen LogP contribution < -0.4 is 4.74 Å². The molecule has 136 valence electrons. The zero-order valence-corrected chi connectivity index (χ0v) is 16.6. The molecular formula is C19H14Cl2N4OS. The summed E-state index contributed by atoms with van der Waals surface area (Å²) in [4.78, 5) is 0. The van der Waals surface area contributed by atoms with Crippen LogP contribution in [0.2, 0.25) is 10.0 Å². The Hall–Kier alpha value is -2.28. The number of methoxy groups -OCH3 is 1. The fourth-order valence-electron chi connectivity index (χ4n) is 2.56. The quantitative estimate of drug-likeness (QED) is 0.407. The van der Waals surface area contributed by atoms with E-state index in [1.165, 1.54) is 0 Å².